The summed E-state index contributed by atoms with van der Waals surface area (Å²) in [4.78, 5) is 19.7. The van der Waals surface area contributed by atoms with Gasteiger partial charge in [0.15, 0.2) is 0 Å². The quantitative estimate of drug-likeness (QED) is 0.837. The molecule has 98 valence electrons. The van der Waals surface area contributed by atoms with Crippen LogP contribution in [0.1, 0.15) is 10.4 Å². The number of benzene rings is 1. The van der Waals surface area contributed by atoms with Crippen molar-refractivity contribution in [1.82, 2.24) is 9.97 Å². The van der Waals surface area contributed by atoms with Gasteiger partial charge in [-0.05, 0) is 30.3 Å². The third-order valence-corrected chi connectivity index (χ3v) is 2.29. The van der Waals surface area contributed by atoms with E-state index in [0.717, 1.165) is 0 Å². The van der Waals surface area contributed by atoms with Crippen molar-refractivity contribution in [2.45, 2.75) is 0 Å². The van der Waals surface area contributed by atoms with Crippen molar-refractivity contribution in [3.63, 3.8) is 0 Å². The maximum absolute atomic E-state index is 11.9. The van der Waals surface area contributed by atoms with Gasteiger partial charge in [-0.2, -0.15) is 0 Å². The number of rotatable bonds is 5. The summed E-state index contributed by atoms with van der Waals surface area (Å²) in [5, 5.41) is 2.60. The molecule has 6 heteroatoms. The van der Waals surface area contributed by atoms with E-state index in [2.05, 4.69) is 15.3 Å². The molecule has 1 aromatic heterocycles. The van der Waals surface area contributed by atoms with E-state index in [1.165, 1.54) is 0 Å². The molecule has 0 fully saturated rings. The molecule has 0 unspecified atom stereocenters. The first-order valence-corrected chi connectivity index (χ1v) is 5.81. The molecule has 1 heterocycles. The van der Waals surface area contributed by atoms with Gasteiger partial charge in [-0.1, -0.05) is 0 Å². The number of hydrogen-bond donors (Lipinski definition) is 2. The van der Waals surface area contributed by atoms with Crippen LogP contribution >= 0.6 is 0 Å². The SMILES string of the molecule is NCCOc1ccc(C(=O)Nc2ncccn2)cc1. The highest BCUT2D eigenvalue weighted by atomic mass is 16.5. The molecule has 6 nitrogen and oxygen atoms in total. The molecule has 0 radical (unpaired) electrons. The molecule has 0 aliphatic carbocycles. The van der Waals surface area contributed by atoms with Gasteiger partial charge in [-0.3, -0.25) is 10.1 Å². The second kappa shape index (κ2) is 6.46. The van der Waals surface area contributed by atoms with E-state index in [1.807, 2.05) is 0 Å². The Kier molecular flexibility index (Phi) is 4.41. The highest BCUT2D eigenvalue weighted by Crippen LogP contribution is 2.12. The summed E-state index contributed by atoms with van der Waals surface area (Å²) in [6.07, 6.45) is 3.12. The highest BCUT2D eigenvalue weighted by molar-refractivity contribution is 6.03. The Hall–Kier alpha value is -2.47. The Balaban J connectivity index is 1.99. The van der Waals surface area contributed by atoms with Crippen LogP contribution in [0.15, 0.2) is 42.7 Å². The van der Waals surface area contributed by atoms with Crippen LogP contribution in [-0.4, -0.2) is 29.0 Å². The second-order valence-corrected chi connectivity index (χ2v) is 3.69. The summed E-state index contributed by atoms with van der Waals surface area (Å²) < 4.78 is 5.33. The topological polar surface area (TPSA) is 90.1 Å². The van der Waals surface area contributed by atoms with Crippen molar-refractivity contribution in [3.8, 4) is 5.75 Å². The van der Waals surface area contributed by atoms with Crippen molar-refractivity contribution in [1.29, 1.82) is 0 Å². The van der Waals surface area contributed by atoms with Gasteiger partial charge in [0, 0.05) is 24.5 Å². The molecule has 0 saturated heterocycles. The molecule has 0 atom stereocenters. The smallest absolute Gasteiger partial charge is 0.258 e. The monoisotopic (exact) mass is 258 g/mol. The molecule has 0 saturated carbocycles. The van der Waals surface area contributed by atoms with Crippen molar-refractivity contribution in [2.24, 2.45) is 5.73 Å². The highest BCUT2D eigenvalue weighted by Gasteiger charge is 2.07. The zero-order valence-corrected chi connectivity index (χ0v) is 10.2. The summed E-state index contributed by atoms with van der Waals surface area (Å²) in [6.45, 7) is 0.900. The average molecular weight is 258 g/mol. The molecule has 2 rings (SSSR count). The van der Waals surface area contributed by atoms with Gasteiger partial charge in [0.1, 0.15) is 12.4 Å². The molecular weight excluding hydrogens is 244 g/mol. The van der Waals surface area contributed by atoms with E-state index in [-0.39, 0.29) is 11.9 Å². The number of nitrogens with zero attached hydrogens (tertiary/aromatic N) is 2. The number of amides is 1. The molecule has 0 bridgehead atoms. The lowest BCUT2D eigenvalue weighted by molar-refractivity contribution is 0.102. The maximum atomic E-state index is 11.9. The number of carbonyl (C=O) groups excluding carboxylic acids is 1. The van der Waals surface area contributed by atoms with Gasteiger partial charge in [-0.15, -0.1) is 0 Å². The van der Waals surface area contributed by atoms with Gasteiger partial charge >= 0.3 is 0 Å². The molecule has 0 aliphatic heterocycles. The summed E-state index contributed by atoms with van der Waals surface area (Å²) in [7, 11) is 0. The predicted molar refractivity (Wildman–Crippen MR) is 71.0 cm³/mol. The Morgan fingerprint density at radius 3 is 2.53 bits per heavy atom. The largest absolute Gasteiger partial charge is 0.492 e. The van der Waals surface area contributed by atoms with Crippen LogP contribution in [0.25, 0.3) is 0 Å². The number of aromatic nitrogens is 2. The molecule has 19 heavy (non-hydrogen) atoms. The van der Waals surface area contributed by atoms with Gasteiger partial charge in [-0.25, -0.2) is 9.97 Å². The molecular formula is C13H14N4O2. The van der Waals surface area contributed by atoms with Gasteiger partial charge < -0.3 is 10.5 Å². The third kappa shape index (κ3) is 3.75. The molecule has 0 spiro atoms. The van der Waals surface area contributed by atoms with Crippen molar-refractivity contribution >= 4 is 11.9 Å². The number of nitrogens with one attached hydrogen (secondary N) is 1. The first-order valence-electron chi connectivity index (χ1n) is 5.81. The summed E-state index contributed by atoms with van der Waals surface area (Å²) in [5.74, 6) is 0.686. The van der Waals surface area contributed by atoms with Gasteiger partial charge in [0.05, 0.1) is 0 Å². The minimum Gasteiger partial charge on any atom is -0.492 e. The molecule has 3 N–H and O–H groups in total. The molecule has 1 amide bonds. The molecule has 2 aromatic rings. The Morgan fingerprint density at radius 2 is 1.89 bits per heavy atom. The van der Waals surface area contributed by atoms with E-state index in [1.54, 1.807) is 42.7 Å². The number of ether oxygens (including phenoxy) is 1. The van der Waals surface area contributed by atoms with E-state index in [4.69, 9.17) is 10.5 Å². The van der Waals surface area contributed by atoms with Crippen LogP contribution < -0.4 is 15.8 Å². The van der Waals surface area contributed by atoms with Gasteiger partial charge in [0.25, 0.3) is 5.91 Å². The van der Waals surface area contributed by atoms with Crippen LogP contribution in [0.3, 0.4) is 0 Å². The first-order chi connectivity index (χ1) is 9.29. The van der Waals surface area contributed by atoms with E-state index < -0.39 is 0 Å². The van der Waals surface area contributed by atoms with Crippen molar-refractivity contribution < 1.29 is 9.53 Å². The summed E-state index contributed by atoms with van der Waals surface area (Å²) in [6, 6.07) is 8.46. The zero-order chi connectivity index (χ0) is 13.5. The van der Waals surface area contributed by atoms with E-state index in [9.17, 15) is 4.79 Å². The van der Waals surface area contributed by atoms with Crippen molar-refractivity contribution in [3.05, 3.63) is 48.3 Å². The first kappa shape index (κ1) is 13.0. The number of carbonyl (C=O) groups is 1. The van der Waals surface area contributed by atoms with Crippen LogP contribution in [0.2, 0.25) is 0 Å². The third-order valence-electron chi connectivity index (χ3n) is 2.29. The minimum absolute atomic E-state index is 0.267. The fourth-order valence-corrected chi connectivity index (χ4v) is 1.42. The van der Waals surface area contributed by atoms with Gasteiger partial charge in [0.2, 0.25) is 5.95 Å². The lowest BCUT2D eigenvalue weighted by atomic mass is 10.2. The second-order valence-electron chi connectivity index (χ2n) is 3.69. The maximum Gasteiger partial charge on any atom is 0.258 e. The number of anilines is 1. The fraction of sp³-hybridized carbons (Fsp3) is 0.154. The lowest BCUT2D eigenvalue weighted by Gasteiger charge is -2.06. The zero-order valence-electron chi connectivity index (χ0n) is 10.2. The predicted octanol–water partition coefficient (Wildman–Crippen LogP) is 1.07. The Labute approximate surface area is 110 Å². The fourth-order valence-electron chi connectivity index (χ4n) is 1.42. The van der Waals surface area contributed by atoms with Crippen LogP contribution in [-0.2, 0) is 0 Å². The van der Waals surface area contributed by atoms with Crippen LogP contribution in [0.4, 0.5) is 5.95 Å². The molecule has 1 aromatic carbocycles. The van der Waals surface area contributed by atoms with Crippen LogP contribution in [0.5, 0.6) is 5.75 Å². The standard InChI is InChI=1S/C13H14N4O2/c14-6-9-19-11-4-2-10(3-5-11)12(18)17-13-15-7-1-8-16-13/h1-5,7-8H,6,9,14H2,(H,15,16,17,18). The average Bonchev–Trinajstić information content (AvgIpc) is 2.46. The van der Waals surface area contributed by atoms with E-state index in [0.29, 0.717) is 24.5 Å². The normalized spacial score (nSPS) is 9.95. The lowest BCUT2D eigenvalue weighted by Crippen LogP contribution is -2.14. The number of hydrogen-bond acceptors (Lipinski definition) is 5. The van der Waals surface area contributed by atoms with Crippen molar-refractivity contribution in [2.75, 3.05) is 18.5 Å². The Bertz CT molecular complexity index is 528. The van der Waals surface area contributed by atoms with Crippen LogP contribution in [0, 0.1) is 0 Å². The summed E-state index contributed by atoms with van der Waals surface area (Å²) >= 11 is 0. The minimum atomic E-state index is -0.267. The summed E-state index contributed by atoms with van der Waals surface area (Å²) in [5.41, 5.74) is 5.84. The Morgan fingerprint density at radius 1 is 1.21 bits per heavy atom. The molecule has 0 aliphatic rings. The van der Waals surface area contributed by atoms with E-state index >= 15 is 0 Å². The number of nitrogens with two attached hydrogens (primary N) is 1.